The Bertz CT molecular complexity index is 241. The van der Waals surface area contributed by atoms with E-state index >= 15 is 0 Å². The lowest BCUT2D eigenvalue weighted by Gasteiger charge is -2.07. The van der Waals surface area contributed by atoms with Gasteiger partial charge in [-0.25, -0.2) is 0 Å². The molecular weight excluding hydrogens is 172 g/mol. The van der Waals surface area contributed by atoms with Gasteiger partial charge in [0.1, 0.15) is 5.75 Å². The van der Waals surface area contributed by atoms with Crippen molar-refractivity contribution in [1.29, 1.82) is 0 Å². The van der Waals surface area contributed by atoms with Gasteiger partial charge in [-0.1, -0.05) is 39.8 Å². The summed E-state index contributed by atoms with van der Waals surface area (Å²) in [6.07, 6.45) is 0. The smallest absolute Gasteiger partial charge is 0.119 e. The van der Waals surface area contributed by atoms with E-state index in [4.69, 9.17) is 4.74 Å². The van der Waals surface area contributed by atoms with Gasteiger partial charge >= 0.3 is 0 Å². The first-order valence-corrected chi connectivity index (χ1v) is 5.46. The average molecular weight is 194 g/mol. The van der Waals surface area contributed by atoms with Gasteiger partial charge in [-0.3, -0.25) is 0 Å². The highest BCUT2D eigenvalue weighted by atomic mass is 16.5. The summed E-state index contributed by atoms with van der Waals surface area (Å²) >= 11 is 0. The summed E-state index contributed by atoms with van der Waals surface area (Å²) in [5.41, 5.74) is 1.33. The third-order valence-corrected chi connectivity index (χ3v) is 1.84. The summed E-state index contributed by atoms with van der Waals surface area (Å²) in [5.74, 6) is 1.55. The number of ether oxygens (including phenoxy) is 1. The minimum atomic E-state index is 0.574. The predicted molar refractivity (Wildman–Crippen MR) is 63.0 cm³/mol. The van der Waals surface area contributed by atoms with Crippen molar-refractivity contribution in [3.05, 3.63) is 29.8 Å². The Kier molecular flexibility index (Phi) is 6.91. The second kappa shape index (κ2) is 7.43. The molecule has 0 aliphatic rings. The predicted octanol–water partition coefficient (Wildman–Crippen LogP) is 4.23. The van der Waals surface area contributed by atoms with Crippen LogP contribution in [0.1, 0.15) is 46.1 Å². The van der Waals surface area contributed by atoms with Crippen molar-refractivity contribution in [3.8, 4) is 5.75 Å². The average Bonchev–Trinajstić information content (AvgIpc) is 2.22. The lowest BCUT2D eigenvalue weighted by atomic mass is 10.0. The van der Waals surface area contributed by atoms with Crippen molar-refractivity contribution in [2.75, 3.05) is 6.61 Å². The fourth-order valence-corrected chi connectivity index (χ4v) is 1.13. The minimum Gasteiger partial charge on any atom is -0.494 e. The molecule has 0 saturated heterocycles. The van der Waals surface area contributed by atoms with Crippen LogP contribution in [0.5, 0.6) is 5.75 Å². The van der Waals surface area contributed by atoms with E-state index in [1.165, 1.54) is 5.56 Å². The summed E-state index contributed by atoms with van der Waals surface area (Å²) in [7, 11) is 0. The third kappa shape index (κ3) is 4.31. The van der Waals surface area contributed by atoms with Gasteiger partial charge in [0.25, 0.3) is 0 Å². The van der Waals surface area contributed by atoms with Gasteiger partial charge in [0.05, 0.1) is 6.61 Å². The second-order valence-corrected chi connectivity index (χ2v) is 3.16. The van der Waals surface area contributed by atoms with Crippen LogP contribution in [0.2, 0.25) is 0 Å². The zero-order valence-electron chi connectivity index (χ0n) is 10.0. The van der Waals surface area contributed by atoms with E-state index in [9.17, 15) is 0 Å². The van der Waals surface area contributed by atoms with Crippen molar-refractivity contribution in [3.63, 3.8) is 0 Å². The molecule has 0 aliphatic heterocycles. The normalized spacial score (nSPS) is 9.29. The van der Waals surface area contributed by atoms with Crippen LogP contribution >= 0.6 is 0 Å². The summed E-state index contributed by atoms with van der Waals surface area (Å²) in [6.45, 7) is 11.1. The van der Waals surface area contributed by atoms with Gasteiger partial charge in [0.15, 0.2) is 0 Å². The van der Waals surface area contributed by atoms with Crippen LogP contribution in [0.4, 0.5) is 0 Å². The molecule has 0 N–H and O–H groups in total. The van der Waals surface area contributed by atoms with Gasteiger partial charge in [-0.05, 0) is 30.5 Å². The fourth-order valence-electron chi connectivity index (χ4n) is 1.13. The first-order valence-electron chi connectivity index (χ1n) is 5.46. The van der Waals surface area contributed by atoms with Gasteiger partial charge in [-0.2, -0.15) is 0 Å². The first-order chi connectivity index (χ1) is 6.74. The van der Waals surface area contributed by atoms with Crippen LogP contribution in [-0.2, 0) is 0 Å². The Balaban J connectivity index is 0.000000791. The number of benzene rings is 1. The lowest BCUT2D eigenvalue weighted by Crippen LogP contribution is -1.93. The SMILES string of the molecule is CC.CCOc1cccc(C(C)C)c1. The van der Waals surface area contributed by atoms with E-state index in [1.807, 2.05) is 32.9 Å². The van der Waals surface area contributed by atoms with Crippen molar-refractivity contribution < 1.29 is 4.74 Å². The first kappa shape index (κ1) is 13.0. The molecule has 0 radical (unpaired) electrons. The standard InChI is InChI=1S/C11H16O.C2H6/c1-4-12-11-7-5-6-10(8-11)9(2)3;1-2/h5-9H,4H2,1-3H3;1-2H3. The molecule has 1 nitrogen and oxygen atoms in total. The summed E-state index contributed by atoms with van der Waals surface area (Å²) in [5, 5.41) is 0. The molecule has 1 heteroatoms. The van der Waals surface area contributed by atoms with Crippen molar-refractivity contribution >= 4 is 0 Å². The van der Waals surface area contributed by atoms with Crippen LogP contribution in [0.15, 0.2) is 24.3 Å². The topological polar surface area (TPSA) is 9.23 Å². The van der Waals surface area contributed by atoms with E-state index < -0.39 is 0 Å². The molecule has 0 amide bonds. The van der Waals surface area contributed by atoms with Crippen LogP contribution in [0.25, 0.3) is 0 Å². The molecule has 0 aliphatic carbocycles. The molecule has 0 heterocycles. The maximum Gasteiger partial charge on any atom is 0.119 e. The Morgan fingerprint density at radius 1 is 1.21 bits per heavy atom. The molecule has 14 heavy (non-hydrogen) atoms. The molecule has 0 fully saturated rings. The monoisotopic (exact) mass is 194 g/mol. The van der Waals surface area contributed by atoms with Gasteiger partial charge in [-0.15, -0.1) is 0 Å². The zero-order chi connectivity index (χ0) is 11.0. The number of hydrogen-bond donors (Lipinski definition) is 0. The lowest BCUT2D eigenvalue weighted by molar-refractivity contribution is 0.340. The van der Waals surface area contributed by atoms with Crippen molar-refractivity contribution in [2.45, 2.75) is 40.5 Å². The summed E-state index contributed by atoms with van der Waals surface area (Å²) in [6, 6.07) is 8.27. The van der Waals surface area contributed by atoms with E-state index in [1.54, 1.807) is 0 Å². The van der Waals surface area contributed by atoms with Crippen LogP contribution in [0.3, 0.4) is 0 Å². The fraction of sp³-hybridized carbons (Fsp3) is 0.538. The number of hydrogen-bond acceptors (Lipinski definition) is 1. The van der Waals surface area contributed by atoms with Crippen LogP contribution in [0, 0.1) is 0 Å². The Labute approximate surface area is 88.1 Å². The van der Waals surface area contributed by atoms with E-state index in [0.29, 0.717) is 5.92 Å². The molecule has 1 aromatic rings. The molecule has 0 unspecified atom stereocenters. The van der Waals surface area contributed by atoms with Gasteiger partial charge in [0, 0.05) is 0 Å². The number of rotatable bonds is 3. The second-order valence-electron chi connectivity index (χ2n) is 3.16. The Hall–Kier alpha value is -0.980. The van der Waals surface area contributed by atoms with Gasteiger partial charge in [0.2, 0.25) is 0 Å². The maximum absolute atomic E-state index is 5.40. The highest BCUT2D eigenvalue weighted by Gasteiger charge is 1.99. The van der Waals surface area contributed by atoms with Crippen LogP contribution in [-0.4, -0.2) is 6.61 Å². The van der Waals surface area contributed by atoms with Gasteiger partial charge < -0.3 is 4.74 Å². The van der Waals surface area contributed by atoms with E-state index in [-0.39, 0.29) is 0 Å². The molecule has 1 rings (SSSR count). The molecular formula is C13H22O. The molecule has 0 aromatic heterocycles. The van der Waals surface area contributed by atoms with E-state index in [0.717, 1.165) is 12.4 Å². The largest absolute Gasteiger partial charge is 0.494 e. The molecule has 0 saturated carbocycles. The van der Waals surface area contributed by atoms with Crippen LogP contribution < -0.4 is 4.74 Å². The Morgan fingerprint density at radius 2 is 1.86 bits per heavy atom. The summed E-state index contributed by atoms with van der Waals surface area (Å²) in [4.78, 5) is 0. The zero-order valence-corrected chi connectivity index (χ0v) is 10.0. The minimum absolute atomic E-state index is 0.574. The molecule has 0 spiro atoms. The van der Waals surface area contributed by atoms with Crippen molar-refractivity contribution in [2.24, 2.45) is 0 Å². The third-order valence-electron chi connectivity index (χ3n) is 1.84. The maximum atomic E-state index is 5.40. The molecule has 0 atom stereocenters. The quantitative estimate of drug-likeness (QED) is 0.699. The molecule has 80 valence electrons. The molecule has 1 aromatic carbocycles. The Morgan fingerprint density at radius 3 is 2.36 bits per heavy atom. The highest BCUT2D eigenvalue weighted by Crippen LogP contribution is 2.19. The summed E-state index contributed by atoms with van der Waals surface area (Å²) < 4.78 is 5.40. The van der Waals surface area contributed by atoms with Crippen molar-refractivity contribution in [1.82, 2.24) is 0 Å². The molecule has 0 bridgehead atoms. The highest BCUT2D eigenvalue weighted by molar-refractivity contribution is 5.30. The van der Waals surface area contributed by atoms with E-state index in [2.05, 4.69) is 26.0 Å².